The molecule has 2 aromatic rings. The van der Waals surface area contributed by atoms with Crippen LogP contribution in [0.25, 0.3) is 11.1 Å². The van der Waals surface area contributed by atoms with Crippen LogP contribution in [0.3, 0.4) is 0 Å². The van der Waals surface area contributed by atoms with Crippen LogP contribution in [0.1, 0.15) is 30.7 Å². The molecule has 2 aromatic carbocycles. The highest BCUT2D eigenvalue weighted by Gasteiger charge is 2.49. The van der Waals surface area contributed by atoms with Crippen molar-refractivity contribution in [2.75, 3.05) is 32.8 Å². The predicted molar refractivity (Wildman–Crippen MR) is 112 cm³/mol. The molecule has 0 amide bonds. The Labute approximate surface area is 180 Å². The lowest BCUT2D eigenvalue weighted by Gasteiger charge is -2.57. The van der Waals surface area contributed by atoms with Crippen molar-refractivity contribution in [1.82, 2.24) is 9.80 Å². The fraction of sp³-hybridized carbons (Fsp3) is 0.500. The monoisotopic (exact) mass is 436 g/mol. The van der Waals surface area contributed by atoms with E-state index in [0.717, 1.165) is 36.1 Å². The Bertz CT molecular complexity index is 853. The van der Waals surface area contributed by atoms with E-state index in [-0.39, 0.29) is 37.0 Å². The third-order valence-corrected chi connectivity index (χ3v) is 6.64. The average molecular weight is 436 g/mol. The van der Waals surface area contributed by atoms with Crippen LogP contribution in [0, 0.1) is 5.82 Å². The number of fused-ring (bicyclic) bond motifs is 1. The van der Waals surface area contributed by atoms with E-state index in [2.05, 4.69) is 4.90 Å². The maximum atomic E-state index is 13.2. The van der Waals surface area contributed by atoms with Gasteiger partial charge in [-0.3, -0.25) is 4.90 Å². The second-order valence-corrected chi connectivity index (χ2v) is 8.58. The first-order valence-electron chi connectivity index (χ1n) is 10.9. The number of alkyl halides is 3. The van der Waals surface area contributed by atoms with Crippen molar-refractivity contribution in [2.45, 2.75) is 43.4 Å². The van der Waals surface area contributed by atoms with E-state index in [0.29, 0.717) is 13.1 Å². The summed E-state index contributed by atoms with van der Waals surface area (Å²) < 4.78 is 51.4. The third-order valence-electron chi connectivity index (χ3n) is 6.64. The number of aliphatic hydroxyl groups excluding tert-OH is 1. The van der Waals surface area contributed by atoms with Gasteiger partial charge in [-0.1, -0.05) is 36.4 Å². The molecular formula is C24H28F4N2O. The molecule has 0 saturated carbocycles. The first-order chi connectivity index (χ1) is 14.9. The standard InChI is InChI=1S/C24H28F4N2O/c25-20-9-7-18(8-10-20)17-3-5-19(6-4-17)23-21-15-29(14-11-24(26,27)28)12-1-2-13-30(21)22(23)16-31/h3-10,21-23,31H,1-2,11-16H2/t21-,22-,23+/m1/s1. The minimum atomic E-state index is -4.15. The molecule has 168 valence electrons. The van der Waals surface area contributed by atoms with Crippen molar-refractivity contribution in [3.63, 3.8) is 0 Å². The van der Waals surface area contributed by atoms with Gasteiger partial charge >= 0.3 is 6.18 Å². The molecule has 2 saturated heterocycles. The van der Waals surface area contributed by atoms with E-state index in [9.17, 15) is 22.7 Å². The van der Waals surface area contributed by atoms with Gasteiger partial charge in [0.05, 0.1) is 13.0 Å². The Kier molecular flexibility index (Phi) is 6.65. The Morgan fingerprint density at radius 1 is 0.903 bits per heavy atom. The molecular weight excluding hydrogens is 408 g/mol. The van der Waals surface area contributed by atoms with Crippen molar-refractivity contribution in [2.24, 2.45) is 0 Å². The normalized spacial score (nSPS) is 25.4. The van der Waals surface area contributed by atoms with Gasteiger partial charge in [0.1, 0.15) is 5.82 Å². The first kappa shape index (κ1) is 22.2. The number of aliphatic hydroxyl groups is 1. The maximum absolute atomic E-state index is 13.2. The Morgan fingerprint density at radius 2 is 1.52 bits per heavy atom. The summed E-state index contributed by atoms with van der Waals surface area (Å²) in [6.45, 7) is 2.18. The van der Waals surface area contributed by atoms with Gasteiger partial charge in [-0.05, 0) is 54.8 Å². The molecule has 0 unspecified atom stereocenters. The maximum Gasteiger partial charge on any atom is 0.390 e. The first-order valence-corrected chi connectivity index (χ1v) is 10.9. The smallest absolute Gasteiger partial charge is 0.390 e. The highest BCUT2D eigenvalue weighted by atomic mass is 19.4. The summed E-state index contributed by atoms with van der Waals surface area (Å²) in [6, 6.07) is 14.5. The zero-order chi connectivity index (χ0) is 22.0. The van der Waals surface area contributed by atoms with E-state index >= 15 is 0 Å². The van der Waals surface area contributed by atoms with Gasteiger partial charge in [0.2, 0.25) is 0 Å². The molecule has 0 bridgehead atoms. The molecule has 0 aliphatic carbocycles. The minimum Gasteiger partial charge on any atom is -0.395 e. The molecule has 31 heavy (non-hydrogen) atoms. The Morgan fingerprint density at radius 3 is 2.13 bits per heavy atom. The zero-order valence-electron chi connectivity index (χ0n) is 17.4. The summed E-state index contributed by atoms with van der Waals surface area (Å²) in [7, 11) is 0. The predicted octanol–water partition coefficient (Wildman–Crippen LogP) is 4.67. The molecule has 0 spiro atoms. The number of rotatable bonds is 5. The molecule has 0 aromatic heterocycles. The van der Waals surface area contributed by atoms with Gasteiger partial charge in [0, 0.05) is 31.1 Å². The summed E-state index contributed by atoms with van der Waals surface area (Å²) in [6.07, 6.45) is -3.15. The van der Waals surface area contributed by atoms with Crippen LogP contribution in [0.15, 0.2) is 48.5 Å². The quantitative estimate of drug-likeness (QED) is 0.690. The van der Waals surface area contributed by atoms with Gasteiger partial charge < -0.3 is 10.0 Å². The molecule has 2 aliphatic heterocycles. The molecule has 3 atom stereocenters. The Balaban J connectivity index is 1.51. The lowest BCUT2D eigenvalue weighted by molar-refractivity contribution is -0.140. The second kappa shape index (κ2) is 9.27. The molecule has 2 aliphatic rings. The van der Waals surface area contributed by atoms with Crippen molar-refractivity contribution in [1.29, 1.82) is 0 Å². The van der Waals surface area contributed by atoms with Gasteiger partial charge in [-0.15, -0.1) is 0 Å². The Hall–Kier alpha value is -1.96. The summed E-state index contributed by atoms with van der Waals surface area (Å²) in [5.41, 5.74) is 2.98. The van der Waals surface area contributed by atoms with Crippen molar-refractivity contribution < 1.29 is 22.7 Å². The van der Waals surface area contributed by atoms with Gasteiger partial charge in [0.25, 0.3) is 0 Å². The second-order valence-electron chi connectivity index (χ2n) is 8.58. The van der Waals surface area contributed by atoms with Crippen LogP contribution >= 0.6 is 0 Å². The lowest BCUT2D eigenvalue weighted by atomic mass is 9.74. The molecule has 3 nitrogen and oxygen atoms in total. The van der Waals surface area contributed by atoms with E-state index in [1.54, 1.807) is 12.1 Å². The van der Waals surface area contributed by atoms with Crippen molar-refractivity contribution in [3.8, 4) is 11.1 Å². The molecule has 1 N–H and O–H groups in total. The van der Waals surface area contributed by atoms with Crippen LogP contribution in [0.4, 0.5) is 17.6 Å². The van der Waals surface area contributed by atoms with Crippen molar-refractivity contribution in [3.05, 3.63) is 59.9 Å². The lowest BCUT2D eigenvalue weighted by Crippen LogP contribution is -2.67. The van der Waals surface area contributed by atoms with Crippen LogP contribution in [-0.4, -0.2) is 66.0 Å². The molecule has 4 rings (SSSR count). The van der Waals surface area contributed by atoms with Gasteiger partial charge in [-0.2, -0.15) is 13.2 Å². The van der Waals surface area contributed by atoms with E-state index < -0.39 is 12.6 Å². The molecule has 7 heteroatoms. The van der Waals surface area contributed by atoms with Crippen LogP contribution < -0.4 is 0 Å². The third kappa shape index (κ3) is 5.10. The number of hydrogen-bond donors (Lipinski definition) is 1. The molecule has 2 heterocycles. The minimum absolute atomic E-state index is 0.00997. The van der Waals surface area contributed by atoms with Crippen LogP contribution in [0.2, 0.25) is 0 Å². The van der Waals surface area contributed by atoms with Crippen molar-refractivity contribution >= 4 is 0 Å². The SMILES string of the molecule is OC[C@@H]1[C@@H](c2ccc(-c3ccc(F)cc3)cc2)[C@H]2CN(CCC(F)(F)F)CCCCN12. The fourth-order valence-corrected chi connectivity index (χ4v) is 5.04. The highest BCUT2D eigenvalue weighted by molar-refractivity contribution is 5.63. The number of nitrogens with zero attached hydrogens (tertiary/aromatic N) is 2. The van der Waals surface area contributed by atoms with E-state index in [1.165, 1.54) is 12.1 Å². The summed E-state index contributed by atoms with van der Waals surface area (Å²) >= 11 is 0. The van der Waals surface area contributed by atoms with Gasteiger partial charge in [0.15, 0.2) is 0 Å². The number of hydrogen-bond acceptors (Lipinski definition) is 3. The van der Waals surface area contributed by atoms with Gasteiger partial charge in [-0.25, -0.2) is 4.39 Å². The molecule has 2 fully saturated rings. The fourth-order valence-electron chi connectivity index (χ4n) is 5.04. The summed E-state index contributed by atoms with van der Waals surface area (Å²) in [5.74, 6) is -0.196. The van der Waals surface area contributed by atoms with Crippen LogP contribution in [-0.2, 0) is 0 Å². The average Bonchev–Trinajstić information content (AvgIpc) is 2.72. The number of benzene rings is 2. The van der Waals surface area contributed by atoms with Crippen LogP contribution in [0.5, 0.6) is 0 Å². The van der Waals surface area contributed by atoms with E-state index in [4.69, 9.17) is 0 Å². The highest BCUT2D eigenvalue weighted by Crippen LogP contribution is 2.42. The summed E-state index contributed by atoms with van der Waals surface area (Å²) in [4.78, 5) is 4.19. The summed E-state index contributed by atoms with van der Waals surface area (Å²) in [5, 5.41) is 10.0. The van der Waals surface area contributed by atoms with E-state index in [1.807, 2.05) is 29.2 Å². The number of halogens is 4. The molecule has 0 radical (unpaired) electrons. The topological polar surface area (TPSA) is 26.7 Å². The zero-order valence-corrected chi connectivity index (χ0v) is 17.4. The largest absolute Gasteiger partial charge is 0.395 e.